The van der Waals surface area contributed by atoms with E-state index in [1.54, 1.807) is 11.8 Å². The van der Waals surface area contributed by atoms with Gasteiger partial charge in [-0.25, -0.2) is 0 Å². The highest BCUT2D eigenvalue weighted by molar-refractivity contribution is 7.98. The van der Waals surface area contributed by atoms with Gasteiger partial charge in [0.05, 0.1) is 12.4 Å². The van der Waals surface area contributed by atoms with Crippen LogP contribution in [-0.4, -0.2) is 27.4 Å². The molecule has 78 valence electrons. The molecular weight excluding hydrogens is 205 g/mol. The number of nitrogen functional groups attached to an aromatic ring is 2. The quantitative estimate of drug-likeness (QED) is 0.703. The van der Waals surface area contributed by atoms with Gasteiger partial charge in [-0.3, -0.25) is 4.39 Å². The molecule has 0 radical (unpaired) electrons. The van der Waals surface area contributed by atoms with Crippen LogP contribution in [0.5, 0.6) is 0 Å². The Bertz CT molecular complexity index is 275. The van der Waals surface area contributed by atoms with Gasteiger partial charge in [-0.2, -0.15) is 26.7 Å². The maximum Gasteiger partial charge on any atom is 0.225 e. The molecule has 1 rings (SSSR count). The molecule has 0 unspecified atom stereocenters. The maximum absolute atomic E-state index is 11.8. The van der Waals surface area contributed by atoms with Gasteiger partial charge in [0.2, 0.25) is 11.9 Å². The van der Waals surface area contributed by atoms with Gasteiger partial charge in [0, 0.05) is 0 Å². The third-order valence-corrected chi connectivity index (χ3v) is 2.41. The van der Waals surface area contributed by atoms with E-state index in [9.17, 15) is 4.39 Å². The number of alkyl halides is 1. The van der Waals surface area contributed by atoms with Gasteiger partial charge in [-0.1, -0.05) is 0 Å². The lowest BCUT2D eigenvalue weighted by molar-refractivity contribution is 0.489. The Kier molecular flexibility index (Phi) is 4.37. The van der Waals surface area contributed by atoms with E-state index in [0.29, 0.717) is 18.0 Å². The largest absolute Gasteiger partial charge is 0.368 e. The Morgan fingerprint density at radius 2 is 1.79 bits per heavy atom. The molecule has 0 aromatic carbocycles. The van der Waals surface area contributed by atoms with Crippen molar-refractivity contribution in [3.05, 3.63) is 5.82 Å². The van der Waals surface area contributed by atoms with E-state index in [4.69, 9.17) is 11.5 Å². The van der Waals surface area contributed by atoms with Gasteiger partial charge in [-0.05, 0) is 12.2 Å². The topological polar surface area (TPSA) is 90.7 Å². The number of halogens is 1. The predicted molar refractivity (Wildman–Crippen MR) is 55.4 cm³/mol. The number of nitrogens with two attached hydrogens (primary N) is 2. The van der Waals surface area contributed by atoms with Gasteiger partial charge >= 0.3 is 0 Å². The molecule has 0 atom stereocenters. The fraction of sp³-hybridized carbons (Fsp3) is 0.571. The van der Waals surface area contributed by atoms with E-state index in [0.717, 1.165) is 5.75 Å². The van der Waals surface area contributed by atoms with Crippen molar-refractivity contribution in [2.75, 3.05) is 23.9 Å². The summed E-state index contributed by atoms with van der Waals surface area (Å²) < 4.78 is 11.8. The van der Waals surface area contributed by atoms with Crippen LogP contribution in [0.2, 0.25) is 0 Å². The van der Waals surface area contributed by atoms with Crippen molar-refractivity contribution in [1.82, 2.24) is 15.0 Å². The standard InChI is InChI=1S/C7H12FN5S/c8-2-1-3-14-4-5-11-6(9)13-7(10)12-5/h1-4H2,(H4,9,10,11,12,13). The number of nitrogens with zero attached hydrogens (tertiary/aromatic N) is 3. The summed E-state index contributed by atoms with van der Waals surface area (Å²) in [5.41, 5.74) is 10.8. The zero-order valence-corrected chi connectivity index (χ0v) is 8.43. The van der Waals surface area contributed by atoms with E-state index >= 15 is 0 Å². The number of rotatable bonds is 5. The molecule has 1 aromatic heterocycles. The lowest BCUT2D eigenvalue weighted by Crippen LogP contribution is -2.06. The smallest absolute Gasteiger partial charge is 0.225 e. The zero-order chi connectivity index (χ0) is 10.4. The van der Waals surface area contributed by atoms with Crippen LogP contribution in [0.25, 0.3) is 0 Å². The van der Waals surface area contributed by atoms with Gasteiger partial charge in [0.1, 0.15) is 5.82 Å². The predicted octanol–water partition coefficient (Wildman–Crippen LogP) is 0.629. The molecule has 0 aliphatic heterocycles. The summed E-state index contributed by atoms with van der Waals surface area (Å²) in [6, 6.07) is 0. The summed E-state index contributed by atoms with van der Waals surface area (Å²) in [5.74, 6) is 2.11. The minimum Gasteiger partial charge on any atom is -0.368 e. The van der Waals surface area contributed by atoms with Gasteiger partial charge in [-0.15, -0.1) is 0 Å². The van der Waals surface area contributed by atoms with Crippen LogP contribution in [0.4, 0.5) is 16.3 Å². The van der Waals surface area contributed by atoms with Crippen molar-refractivity contribution in [3.8, 4) is 0 Å². The lowest BCUT2D eigenvalue weighted by Gasteiger charge is -2.01. The molecule has 0 bridgehead atoms. The average molecular weight is 217 g/mol. The number of anilines is 2. The molecule has 14 heavy (non-hydrogen) atoms. The van der Waals surface area contributed by atoms with Crippen LogP contribution < -0.4 is 11.5 Å². The molecule has 0 aliphatic carbocycles. The van der Waals surface area contributed by atoms with Gasteiger partial charge < -0.3 is 11.5 Å². The van der Waals surface area contributed by atoms with Crippen LogP contribution in [-0.2, 0) is 5.75 Å². The molecule has 0 saturated heterocycles. The number of thioether (sulfide) groups is 1. The molecule has 0 aliphatic rings. The van der Waals surface area contributed by atoms with Crippen LogP contribution in [0.15, 0.2) is 0 Å². The second-order valence-electron chi connectivity index (χ2n) is 2.56. The van der Waals surface area contributed by atoms with Crippen LogP contribution in [0.1, 0.15) is 12.2 Å². The molecule has 5 nitrogen and oxygen atoms in total. The molecule has 0 saturated carbocycles. The Morgan fingerprint density at radius 3 is 2.36 bits per heavy atom. The fourth-order valence-corrected chi connectivity index (χ4v) is 1.61. The Labute approximate surface area is 85.5 Å². The normalized spacial score (nSPS) is 10.4. The number of aromatic nitrogens is 3. The number of hydrogen-bond acceptors (Lipinski definition) is 6. The van der Waals surface area contributed by atoms with Crippen molar-refractivity contribution in [3.63, 3.8) is 0 Å². The molecule has 7 heteroatoms. The first-order chi connectivity index (χ1) is 6.72. The average Bonchev–Trinajstić information content (AvgIpc) is 2.11. The van der Waals surface area contributed by atoms with Gasteiger partial charge in [0.25, 0.3) is 0 Å². The Balaban J connectivity index is 2.42. The van der Waals surface area contributed by atoms with Crippen LogP contribution in [0.3, 0.4) is 0 Å². The fourth-order valence-electron chi connectivity index (χ4n) is 0.841. The van der Waals surface area contributed by atoms with E-state index in [1.807, 2.05) is 0 Å². The van der Waals surface area contributed by atoms with Crippen molar-refractivity contribution in [2.24, 2.45) is 0 Å². The summed E-state index contributed by atoms with van der Waals surface area (Å²) in [4.78, 5) is 11.4. The second-order valence-corrected chi connectivity index (χ2v) is 3.67. The summed E-state index contributed by atoms with van der Waals surface area (Å²) in [6.45, 7) is -0.297. The van der Waals surface area contributed by atoms with Gasteiger partial charge in [0.15, 0.2) is 0 Å². The first kappa shape index (κ1) is 11.0. The van der Waals surface area contributed by atoms with Crippen molar-refractivity contribution >= 4 is 23.7 Å². The molecule has 4 N–H and O–H groups in total. The first-order valence-corrected chi connectivity index (χ1v) is 5.27. The number of hydrogen-bond donors (Lipinski definition) is 2. The molecule has 1 aromatic rings. The third-order valence-electron chi connectivity index (χ3n) is 1.37. The van der Waals surface area contributed by atoms with Crippen molar-refractivity contribution in [2.45, 2.75) is 12.2 Å². The molecule has 1 heterocycles. The molecule has 0 spiro atoms. The monoisotopic (exact) mass is 217 g/mol. The SMILES string of the molecule is Nc1nc(N)nc(CSCCCF)n1. The summed E-state index contributed by atoms with van der Waals surface area (Å²) in [6.07, 6.45) is 0.542. The maximum atomic E-state index is 11.8. The summed E-state index contributed by atoms with van der Waals surface area (Å²) in [7, 11) is 0. The highest BCUT2D eigenvalue weighted by Crippen LogP contribution is 2.10. The second kappa shape index (κ2) is 5.58. The molecule has 0 fully saturated rings. The van der Waals surface area contributed by atoms with Crippen molar-refractivity contribution < 1.29 is 4.39 Å². The van der Waals surface area contributed by atoms with E-state index in [1.165, 1.54) is 0 Å². The summed E-state index contributed by atoms with van der Waals surface area (Å²) in [5, 5.41) is 0. The highest BCUT2D eigenvalue weighted by atomic mass is 32.2. The first-order valence-electron chi connectivity index (χ1n) is 4.12. The van der Waals surface area contributed by atoms with E-state index in [2.05, 4.69) is 15.0 Å². The minimum atomic E-state index is -0.297. The third kappa shape index (κ3) is 3.73. The van der Waals surface area contributed by atoms with Crippen LogP contribution >= 0.6 is 11.8 Å². The molecule has 0 amide bonds. The molecular formula is C7H12FN5S. The summed E-state index contributed by atoms with van der Waals surface area (Å²) >= 11 is 1.54. The van der Waals surface area contributed by atoms with E-state index < -0.39 is 0 Å². The zero-order valence-electron chi connectivity index (χ0n) is 7.61. The lowest BCUT2D eigenvalue weighted by atomic mass is 10.6. The van der Waals surface area contributed by atoms with E-state index in [-0.39, 0.29) is 18.6 Å². The van der Waals surface area contributed by atoms with Crippen LogP contribution in [0, 0.1) is 0 Å². The minimum absolute atomic E-state index is 0.124. The Hall–Kier alpha value is -1.11. The Morgan fingerprint density at radius 1 is 1.14 bits per heavy atom. The highest BCUT2D eigenvalue weighted by Gasteiger charge is 2.01. The van der Waals surface area contributed by atoms with Crippen molar-refractivity contribution in [1.29, 1.82) is 0 Å².